The second-order valence-electron chi connectivity index (χ2n) is 6.98. The van der Waals surface area contributed by atoms with Gasteiger partial charge in [-0.15, -0.1) is 0 Å². The normalized spacial score (nSPS) is 14.8. The number of amides is 1. The van der Waals surface area contributed by atoms with Crippen LogP contribution in [0.5, 0.6) is 0 Å². The number of aryl methyl sites for hydroxylation is 1. The molecule has 3 rings (SSSR count). The molecular formula is C21H26N2O3S2. The summed E-state index contributed by atoms with van der Waals surface area (Å²) in [6.07, 6.45) is 5.23. The average molecular weight is 419 g/mol. The summed E-state index contributed by atoms with van der Waals surface area (Å²) < 4.78 is 27.5. The standard InChI is InChI=1S/C21H26N2O3S2/c1-16-15-17(21(24)22-13-14-27-18-7-5-6-8-18)11-12-20(16)23-28(25,26)19-9-3-2-4-10-19/h2-4,9-12,15,18,23H,5-8,13-14H2,1H3,(H,22,24). The number of hydrogen-bond donors (Lipinski definition) is 2. The molecule has 0 unspecified atom stereocenters. The molecule has 0 spiro atoms. The number of anilines is 1. The number of sulfonamides is 1. The topological polar surface area (TPSA) is 75.3 Å². The zero-order chi connectivity index (χ0) is 20.0. The monoisotopic (exact) mass is 418 g/mol. The van der Waals surface area contributed by atoms with Crippen LogP contribution in [0.2, 0.25) is 0 Å². The minimum Gasteiger partial charge on any atom is -0.351 e. The van der Waals surface area contributed by atoms with Gasteiger partial charge in [0.15, 0.2) is 0 Å². The average Bonchev–Trinajstić information content (AvgIpc) is 3.21. The number of rotatable bonds is 8. The maximum absolute atomic E-state index is 12.5. The first-order chi connectivity index (χ1) is 13.5. The molecule has 2 N–H and O–H groups in total. The summed E-state index contributed by atoms with van der Waals surface area (Å²) >= 11 is 1.94. The van der Waals surface area contributed by atoms with Gasteiger partial charge in [0, 0.05) is 23.1 Å². The first kappa shape index (κ1) is 20.7. The van der Waals surface area contributed by atoms with Crippen LogP contribution in [0.1, 0.15) is 41.6 Å². The Hall–Kier alpha value is -1.99. The zero-order valence-corrected chi connectivity index (χ0v) is 17.6. The van der Waals surface area contributed by atoms with Crippen molar-refractivity contribution in [2.24, 2.45) is 0 Å². The van der Waals surface area contributed by atoms with Crippen molar-refractivity contribution in [2.75, 3.05) is 17.0 Å². The first-order valence-corrected chi connectivity index (χ1v) is 12.1. The van der Waals surface area contributed by atoms with Crippen LogP contribution in [0.15, 0.2) is 53.4 Å². The van der Waals surface area contributed by atoms with Crippen molar-refractivity contribution in [3.05, 3.63) is 59.7 Å². The Labute approximate surface area is 171 Å². The predicted octanol–water partition coefficient (Wildman–Crippen LogP) is 4.20. The molecule has 5 nitrogen and oxygen atoms in total. The summed E-state index contributed by atoms with van der Waals surface area (Å²) in [5.74, 6) is 0.789. The van der Waals surface area contributed by atoms with Gasteiger partial charge in [-0.3, -0.25) is 9.52 Å². The van der Waals surface area contributed by atoms with E-state index in [-0.39, 0.29) is 10.8 Å². The Morgan fingerprint density at radius 3 is 2.50 bits per heavy atom. The van der Waals surface area contributed by atoms with Crippen LogP contribution in [0, 0.1) is 6.92 Å². The van der Waals surface area contributed by atoms with E-state index < -0.39 is 10.0 Å². The molecule has 28 heavy (non-hydrogen) atoms. The smallest absolute Gasteiger partial charge is 0.261 e. The molecule has 0 aromatic heterocycles. The van der Waals surface area contributed by atoms with Crippen LogP contribution in [0.3, 0.4) is 0 Å². The highest BCUT2D eigenvalue weighted by Gasteiger charge is 2.17. The zero-order valence-electron chi connectivity index (χ0n) is 16.0. The van der Waals surface area contributed by atoms with Crippen LogP contribution >= 0.6 is 11.8 Å². The van der Waals surface area contributed by atoms with Gasteiger partial charge >= 0.3 is 0 Å². The highest BCUT2D eigenvalue weighted by atomic mass is 32.2. The molecule has 1 aliphatic rings. The van der Waals surface area contributed by atoms with E-state index in [1.54, 1.807) is 55.5 Å². The van der Waals surface area contributed by atoms with E-state index >= 15 is 0 Å². The van der Waals surface area contributed by atoms with Gasteiger partial charge in [-0.25, -0.2) is 8.42 Å². The van der Waals surface area contributed by atoms with Gasteiger partial charge in [-0.2, -0.15) is 11.8 Å². The summed E-state index contributed by atoms with van der Waals surface area (Å²) in [4.78, 5) is 12.6. The lowest BCUT2D eigenvalue weighted by Gasteiger charge is -2.13. The largest absolute Gasteiger partial charge is 0.351 e. The lowest BCUT2D eigenvalue weighted by molar-refractivity contribution is 0.0956. The second-order valence-corrected chi connectivity index (χ2v) is 10.1. The van der Waals surface area contributed by atoms with Gasteiger partial charge in [-0.1, -0.05) is 31.0 Å². The van der Waals surface area contributed by atoms with E-state index in [1.807, 2.05) is 11.8 Å². The lowest BCUT2D eigenvalue weighted by Crippen LogP contribution is -2.26. The third-order valence-electron chi connectivity index (χ3n) is 4.83. The summed E-state index contributed by atoms with van der Waals surface area (Å²) in [5, 5.41) is 3.69. The van der Waals surface area contributed by atoms with Crippen LogP contribution in [-0.4, -0.2) is 31.9 Å². The Kier molecular flexibility index (Phi) is 7.02. The maximum Gasteiger partial charge on any atom is 0.261 e. The lowest BCUT2D eigenvalue weighted by atomic mass is 10.1. The molecule has 1 saturated carbocycles. The van der Waals surface area contributed by atoms with Gasteiger partial charge in [0.1, 0.15) is 0 Å². The van der Waals surface area contributed by atoms with Gasteiger partial charge < -0.3 is 5.32 Å². The number of carbonyl (C=O) groups excluding carboxylic acids is 1. The SMILES string of the molecule is Cc1cc(C(=O)NCCSC2CCCC2)ccc1NS(=O)(=O)c1ccccc1. The predicted molar refractivity (Wildman–Crippen MR) is 115 cm³/mol. The maximum atomic E-state index is 12.5. The fraction of sp³-hybridized carbons (Fsp3) is 0.381. The van der Waals surface area contributed by atoms with Crippen molar-refractivity contribution in [1.29, 1.82) is 0 Å². The van der Waals surface area contributed by atoms with E-state index in [9.17, 15) is 13.2 Å². The molecule has 7 heteroatoms. The molecule has 0 atom stereocenters. The van der Waals surface area contributed by atoms with Crippen molar-refractivity contribution in [1.82, 2.24) is 5.32 Å². The molecule has 1 aliphatic carbocycles. The highest BCUT2D eigenvalue weighted by Crippen LogP contribution is 2.29. The van der Waals surface area contributed by atoms with Gasteiger partial charge in [0.25, 0.3) is 15.9 Å². The molecule has 1 fully saturated rings. The van der Waals surface area contributed by atoms with Crippen molar-refractivity contribution in [3.8, 4) is 0 Å². The van der Waals surface area contributed by atoms with Gasteiger partial charge in [0.2, 0.25) is 0 Å². The Morgan fingerprint density at radius 2 is 1.82 bits per heavy atom. The van der Waals surface area contributed by atoms with E-state index in [2.05, 4.69) is 10.0 Å². The number of nitrogens with one attached hydrogen (secondary N) is 2. The minimum absolute atomic E-state index is 0.132. The van der Waals surface area contributed by atoms with Crippen LogP contribution in [-0.2, 0) is 10.0 Å². The highest BCUT2D eigenvalue weighted by molar-refractivity contribution is 7.99. The molecule has 0 bridgehead atoms. The number of thioether (sulfide) groups is 1. The quantitative estimate of drug-likeness (QED) is 0.630. The van der Waals surface area contributed by atoms with E-state index in [0.717, 1.165) is 11.0 Å². The van der Waals surface area contributed by atoms with E-state index in [1.165, 1.54) is 25.7 Å². The van der Waals surface area contributed by atoms with Gasteiger partial charge in [0.05, 0.1) is 10.6 Å². The summed E-state index contributed by atoms with van der Waals surface area (Å²) in [6, 6.07) is 13.2. The van der Waals surface area contributed by atoms with Crippen LogP contribution in [0.25, 0.3) is 0 Å². The van der Waals surface area contributed by atoms with E-state index in [0.29, 0.717) is 23.4 Å². The summed E-state index contributed by atoms with van der Waals surface area (Å²) in [6.45, 7) is 2.43. The second kappa shape index (κ2) is 9.47. The van der Waals surface area contributed by atoms with Crippen LogP contribution < -0.4 is 10.0 Å². The first-order valence-electron chi connectivity index (χ1n) is 9.54. The van der Waals surface area contributed by atoms with Gasteiger partial charge in [-0.05, 0) is 55.7 Å². The van der Waals surface area contributed by atoms with E-state index in [4.69, 9.17) is 0 Å². The molecule has 0 saturated heterocycles. The fourth-order valence-electron chi connectivity index (χ4n) is 3.27. The third-order valence-corrected chi connectivity index (χ3v) is 7.59. The minimum atomic E-state index is -3.65. The Balaban J connectivity index is 1.56. The van der Waals surface area contributed by atoms with Crippen molar-refractivity contribution in [3.63, 3.8) is 0 Å². The van der Waals surface area contributed by atoms with Crippen molar-refractivity contribution >= 4 is 33.4 Å². The molecule has 150 valence electrons. The molecule has 0 heterocycles. The summed E-state index contributed by atoms with van der Waals surface area (Å²) in [5.41, 5.74) is 1.70. The molecule has 1 amide bonds. The molecule has 0 radical (unpaired) electrons. The molecule has 2 aromatic rings. The van der Waals surface area contributed by atoms with Crippen molar-refractivity contribution in [2.45, 2.75) is 42.8 Å². The number of benzene rings is 2. The molecular weight excluding hydrogens is 392 g/mol. The van der Waals surface area contributed by atoms with Crippen molar-refractivity contribution < 1.29 is 13.2 Å². The summed E-state index contributed by atoms with van der Waals surface area (Å²) in [7, 11) is -3.65. The Bertz CT molecular complexity index is 909. The molecule has 2 aromatic carbocycles. The molecule has 0 aliphatic heterocycles. The fourth-order valence-corrected chi connectivity index (χ4v) is 5.64. The number of hydrogen-bond acceptors (Lipinski definition) is 4. The van der Waals surface area contributed by atoms with Crippen LogP contribution in [0.4, 0.5) is 5.69 Å². The number of carbonyl (C=O) groups is 1. The Morgan fingerprint density at radius 1 is 1.11 bits per heavy atom. The third kappa shape index (κ3) is 5.52.